The van der Waals surface area contributed by atoms with Crippen molar-refractivity contribution in [2.45, 2.75) is 12.2 Å². The third kappa shape index (κ3) is 1.90. The van der Waals surface area contributed by atoms with Gasteiger partial charge in [-0.2, -0.15) is 13.2 Å². The van der Waals surface area contributed by atoms with E-state index in [9.17, 15) is 26.7 Å². The topological polar surface area (TPSA) is 41.1 Å². The summed E-state index contributed by atoms with van der Waals surface area (Å²) in [5.41, 5.74) is -1.34. The molecule has 0 spiro atoms. The van der Waals surface area contributed by atoms with Gasteiger partial charge in [0.15, 0.2) is 17.7 Å². The highest BCUT2D eigenvalue weighted by molar-refractivity contribution is 5.93. The van der Waals surface area contributed by atoms with E-state index in [-0.39, 0.29) is 0 Å². The summed E-state index contributed by atoms with van der Waals surface area (Å²) in [5.74, 6) is -3.03. The Morgan fingerprint density at radius 1 is 1.18 bits per heavy atom. The second-order valence-corrected chi connectivity index (χ2v) is 3.40. The number of halogens is 5. The second kappa shape index (κ2) is 3.57. The van der Waals surface area contributed by atoms with Gasteiger partial charge in [-0.3, -0.25) is 0 Å². The van der Waals surface area contributed by atoms with Crippen LogP contribution in [0.5, 0.6) is 0 Å². The maximum atomic E-state index is 13.3. The Morgan fingerprint density at radius 2 is 1.82 bits per heavy atom. The molecule has 17 heavy (non-hydrogen) atoms. The number of carbonyl (C=O) groups is 1. The number of anilines is 1. The predicted molar refractivity (Wildman–Crippen MR) is 47.3 cm³/mol. The maximum absolute atomic E-state index is 13.3. The van der Waals surface area contributed by atoms with E-state index in [0.717, 1.165) is 6.07 Å². The van der Waals surface area contributed by atoms with E-state index in [2.05, 4.69) is 0 Å². The van der Waals surface area contributed by atoms with Gasteiger partial charge in [0.2, 0.25) is 0 Å². The lowest BCUT2D eigenvalue weighted by atomic mass is 10.0. The highest BCUT2D eigenvalue weighted by Gasteiger charge is 2.47. The van der Waals surface area contributed by atoms with Gasteiger partial charge < -0.3 is 10.6 Å². The van der Waals surface area contributed by atoms with Gasteiger partial charge in [-0.05, 0) is 12.1 Å². The number of benzene rings is 1. The summed E-state index contributed by atoms with van der Waals surface area (Å²) in [5, 5.41) is 3.47. The number of carbonyl (C=O) groups excluding carboxylic acids is 1. The number of fused-ring (bicyclic) bond motifs is 1. The number of urea groups is 1. The molecule has 0 bridgehead atoms. The van der Waals surface area contributed by atoms with Crippen LogP contribution in [0, 0.1) is 11.6 Å². The van der Waals surface area contributed by atoms with E-state index >= 15 is 0 Å². The van der Waals surface area contributed by atoms with Crippen molar-refractivity contribution in [2.75, 3.05) is 5.32 Å². The van der Waals surface area contributed by atoms with Gasteiger partial charge in [0.25, 0.3) is 0 Å². The average molecular weight is 252 g/mol. The molecule has 92 valence electrons. The highest BCUT2D eigenvalue weighted by Crippen LogP contribution is 2.40. The quantitative estimate of drug-likeness (QED) is 0.685. The van der Waals surface area contributed by atoms with Crippen molar-refractivity contribution in [3.8, 4) is 0 Å². The van der Waals surface area contributed by atoms with E-state index < -0.39 is 41.1 Å². The Bertz CT molecular complexity index is 485. The van der Waals surface area contributed by atoms with E-state index in [1.54, 1.807) is 0 Å². The minimum absolute atomic E-state index is 0.394. The molecule has 0 aliphatic carbocycles. The summed E-state index contributed by atoms with van der Waals surface area (Å²) in [6, 6.07) is -2.15. The van der Waals surface area contributed by atoms with Crippen molar-refractivity contribution >= 4 is 11.7 Å². The molecule has 1 aliphatic rings. The van der Waals surface area contributed by atoms with Crippen LogP contribution in [0.3, 0.4) is 0 Å². The van der Waals surface area contributed by atoms with Crippen LogP contribution in [0.1, 0.15) is 11.6 Å². The van der Waals surface area contributed by atoms with Crippen molar-refractivity contribution in [1.29, 1.82) is 0 Å². The molecule has 1 unspecified atom stereocenters. The fourth-order valence-electron chi connectivity index (χ4n) is 1.56. The van der Waals surface area contributed by atoms with Crippen molar-refractivity contribution in [1.82, 2.24) is 5.32 Å². The van der Waals surface area contributed by atoms with Gasteiger partial charge in [-0.25, -0.2) is 13.6 Å². The van der Waals surface area contributed by atoms with E-state index in [1.807, 2.05) is 5.32 Å². The molecule has 2 N–H and O–H groups in total. The van der Waals surface area contributed by atoms with Crippen LogP contribution in [0.15, 0.2) is 12.1 Å². The minimum Gasteiger partial charge on any atom is -0.322 e. The zero-order chi connectivity index (χ0) is 12.8. The SMILES string of the molecule is O=C1Nc2ccc(F)c(F)c2C(C(F)(F)F)N1. The number of nitrogens with one attached hydrogen (secondary N) is 2. The normalized spacial score (nSPS) is 19.4. The molecular weight excluding hydrogens is 247 g/mol. The van der Waals surface area contributed by atoms with Gasteiger partial charge in [0.05, 0.1) is 5.69 Å². The lowest BCUT2D eigenvalue weighted by Crippen LogP contribution is -2.45. The summed E-state index contributed by atoms with van der Waals surface area (Å²) in [4.78, 5) is 10.9. The minimum atomic E-state index is -4.90. The van der Waals surface area contributed by atoms with Gasteiger partial charge >= 0.3 is 12.2 Å². The highest BCUT2D eigenvalue weighted by atomic mass is 19.4. The van der Waals surface area contributed by atoms with E-state index in [1.165, 1.54) is 5.32 Å². The molecule has 0 fully saturated rings. The zero-order valence-corrected chi connectivity index (χ0v) is 8.03. The molecule has 1 aliphatic heterocycles. The summed E-state index contributed by atoms with van der Waals surface area (Å²) in [6.07, 6.45) is -4.90. The van der Waals surface area contributed by atoms with Crippen LogP contribution in [0.4, 0.5) is 32.4 Å². The first-order chi connectivity index (χ1) is 7.80. The molecule has 0 radical (unpaired) electrons. The van der Waals surface area contributed by atoms with Gasteiger partial charge in [0.1, 0.15) is 0 Å². The van der Waals surface area contributed by atoms with Gasteiger partial charge in [-0.1, -0.05) is 0 Å². The Labute approximate surface area is 91.6 Å². The van der Waals surface area contributed by atoms with Crippen molar-refractivity contribution in [3.05, 3.63) is 29.3 Å². The Kier molecular flexibility index (Phi) is 2.44. The summed E-state index contributed by atoms with van der Waals surface area (Å²) in [7, 11) is 0. The largest absolute Gasteiger partial charge is 0.413 e. The zero-order valence-electron chi connectivity index (χ0n) is 8.03. The van der Waals surface area contributed by atoms with E-state index in [4.69, 9.17) is 0 Å². The number of alkyl halides is 3. The molecule has 2 rings (SSSR count). The first-order valence-corrected chi connectivity index (χ1v) is 4.43. The molecule has 3 nitrogen and oxygen atoms in total. The first-order valence-electron chi connectivity index (χ1n) is 4.43. The number of amides is 2. The molecule has 0 saturated heterocycles. The molecule has 8 heteroatoms. The second-order valence-electron chi connectivity index (χ2n) is 3.40. The standard InChI is InChI=1S/C9H5F5N2O/c10-3-1-2-4-5(6(3)11)7(9(12,13)14)16-8(17)15-4/h1-2,7H,(H2,15,16,17). The van der Waals surface area contributed by atoms with Gasteiger partial charge in [-0.15, -0.1) is 0 Å². The molecule has 2 amide bonds. The Balaban J connectivity index is 2.62. The number of rotatable bonds is 0. The van der Waals surface area contributed by atoms with Crippen molar-refractivity contribution in [2.24, 2.45) is 0 Å². The third-order valence-electron chi connectivity index (χ3n) is 2.27. The van der Waals surface area contributed by atoms with Crippen LogP contribution in [-0.4, -0.2) is 12.2 Å². The fraction of sp³-hybridized carbons (Fsp3) is 0.222. The van der Waals surface area contributed by atoms with Crippen LogP contribution in [0.2, 0.25) is 0 Å². The first kappa shape index (κ1) is 11.6. The summed E-state index contributed by atoms with van der Waals surface area (Å²) in [6.45, 7) is 0. The number of hydrogen-bond donors (Lipinski definition) is 2. The lowest BCUT2D eigenvalue weighted by molar-refractivity contribution is -0.155. The van der Waals surface area contributed by atoms with Gasteiger partial charge in [0, 0.05) is 5.56 Å². The molecule has 0 saturated carbocycles. The smallest absolute Gasteiger partial charge is 0.322 e. The predicted octanol–water partition coefficient (Wildman–Crippen LogP) is 2.70. The van der Waals surface area contributed by atoms with Crippen LogP contribution >= 0.6 is 0 Å². The van der Waals surface area contributed by atoms with Crippen LogP contribution in [0.25, 0.3) is 0 Å². The van der Waals surface area contributed by atoms with Crippen molar-refractivity contribution < 1.29 is 26.7 Å². The number of hydrogen-bond acceptors (Lipinski definition) is 1. The molecule has 0 aromatic heterocycles. The van der Waals surface area contributed by atoms with Crippen molar-refractivity contribution in [3.63, 3.8) is 0 Å². The van der Waals surface area contributed by atoms with Crippen LogP contribution in [-0.2, 0) is 0 Å². The van der Waals surface area contributed by atoms with E-state index in [0.29, 0.717) is 6.07 Å². The maximum Gasteiger partial charge on any atom is 0.413 e. The summed E-state index contributed by atoms with van der Waals surface area (Å²) < 4.78 is 63.9. The molecular formula is C9H5F5N2O. The molecule has 1 aromatic carbocycles. The lowest BCUT2D eigenvalue weighted by Gasteiger charge is -2.29. The third-order valence-corrected chi connectivity index (χ3v) is 2.27. The molecule has 1 atom stereocenters. The van der Waals surface area contributed by atoms with Crippen LogP contribution < -0.4 is 10.6 Å². The fourth-order valence-corrected chi connectivity index (χ4v) is 1.56. The Morgan fingerprint density at radius 3 is 2.41 bits per heavy atom. The average Bonchev–Trinajstić information content (AvgIpc) is 2.21. The Hall–Kier alpha value is -1.86. The molecule has 1 aromatic rings. The monoisotopic (exact) mass is 252 g/mol. The summed E-state index contributed by atoms with van der Waals surface area (Å²) >= 11 is 0. The molecule has 1 heterocycles.